The number of phenolic OH excluding ortho intramolecular Hbond substituents is 1. The number of nitrogens with one attached hydrogen (secondary N) is 1. The summed E-state index contributed by atoms with van der Waals surface area (Å²) >= 11 is 0. The van der Waals surface area contributed by atoms with Gasteiger partial charge in [-0.25, -0.2) is 4.68 Å². The molecule has 3 heterocycles. The quantitative estimate of drug-likeness (QED) is 0.578. The summed E-state index contributed by atoms with van der Waals surface area (Å²) in [6.45, 7) is 1.23. The molecule has 11 heteroatoms. The van der Waals surface area contributed by atoms with E-state index in [1.54, 1.807) is 36.3 Å². The molecule has 2 aromatic carbocycles. The number of aryl methyl sites for hydroxylation is 2. The van der Waals surface area contributed by atoms with Crippen LogP contribution in [0.15, 0.2) is 42.7 Å². The van der Waals surface area contributed by atoms with Crippen molar-refractivity contribution in [2.24, 2.45) is 0 Å². The molecule has 0 saturated carbocycles. The summed E-state index contributed by atoms with van der Waals surface area (Å²) < 4.78 is 13.1. The van der Waals surface area contributed by atoms with Crippen LogP contribution in [0.2, 0.25) is 0 Å². The fourth-order valence-corrected chi connectivity index (χ4v) is 4.60. The molecule has 1 saturated heterocycles. The van der Waals surface area contributed by atoms with Gasteiger partial charge < -0.3 is 24.8 Å². The lowest BCUT2D eigenvalue weighted by Crippen LogP contribution is -2.40. The van der Waals surface area contributed by atoms with E-state index in [1.165, 1.54) is 11.0 Å². The second-order valence-electron chi connectivity index (χ2n) is 8.72. The van der Waals surface area contributed by atoms with Gasteiger partial charge in [-0.05, 0) is 52.2 Å². The van der Waals surface area contributed by atoms with E-state index in [0.29, 0.717) is 43.3 Å². The third-order valence-corrected chi connectivity index (χ3v) is 6.47. The predicted octanol–water partition coefficient (Wildman–Crippen LogP) is 1.63. The molecule has 11 nitrogen and oxygen atoms in total. The van der Waals surface area contributed by atoms with Crippen LogP contribution in [-0.4, -0.2) is 68.3 Å². The highest BCUT2D eigenvalue weighted by atomic mass is 16.5. The highest BCUT2D eigenvalue weighted by molar-refractivity contribution is 5.79. The molecule has 1 aromatic heterocycles. The third kappa shape index (κ3) is 4.88. The first-order chi connectivity index (χ1) is 17.0. The molecule has 2 amide bonds. The number of aromatic nitrogens is 4. The molecule has 4 bridgehead atoms. The summed E-state index contributed by atoms with van der Waals surface area (Å²) in [7, 11) is 1.55. The molecule has 0 spiro atoms. The first-order valence-electron chi connectivity index (χ1n) is 11.5. The van der Waals surface area contributed by atoms with E-state index in [0.717, 1.165) is 11.1 Å². The SMILES string of the molecule is COc1ccc2cc1Oc1cc(ccc1O)CCC(=O)N[C@@H]1CN(C(=O)CCn3cnnn3)C[C@@H]21. The Morgan fingerprint density at radius 2 is 2.09 bits per heavy atom. The van der Waals surface area contributed by atoms with Crippen molar-refractivity contribution in [3.8, 4) is 23.0 Å². The van der Waals surface area contributed by atoms with Gasteiger partial charge in [0.25, 0.3) is 0 Å². The second-order valence-corrected chi connectivity index (χ2v) is 8.72. The lowest BCUT2D eigenvalue weighted by molar-refractivity contribution is -0.131. The maximum absolute atomic E-state index is 13.0. The molecule has 0 aliphatic carbocycles. The Hall–Kier alpha value is -4.15. The van der Waals surface area contributed by atoms with Gasteiger partial charge in [-0.1, -0.05) is 12.1 Å². The van der Waals surface area contributed by atoms with E-state index in [9.17, 15) is 14.7 Å². The minimum absolute atomic E-state index is 0.00127. The lowest BCUT2D eigenvalue weighted by Gasteiger charge is -2.21. The van der Waals surface area contributed by atoms with Gasteiger partial charge in [0, 0.05) is 31.8 Å². The maximum atomic E-state index is 13.0. The van der Waals surface area contributed by atoms with Gasteiger partial charge in [0.15, 0.2) is 23.0 Å². The molecule has 182 valence electrons. The Kier molecular flexibility index (Phi) is 6.21. The van der Waals surface area contributed by atoms with E-state index in [4.69, 9.17) is 9.47 Å². The van der Waals surface area contributed by atoms with E-state index in [2.05, 4.69) is 20.8 Å². The Morgan fingerprint density at radius 3 is 2.89 bits per heavy atom. The van der Waals surface area contributed by atoms with Crippen LogP contribution in [0.4, 0.5) is 0 Å². The van der Waals surface area contributed by atoms with Crippen molar-refractivity contribution in [2.75, 3.05) is 20.2 Å². The number of rotatable bonds is 4. The van der Waals surface area contributed by atoms with Crippen molar-refractivity contribution >= 4 is 11.8 Å². The van der Waals surface area contributed by atoms with Crippen molar-refractivity contribution < 1.29 is 24.2 Å². The normalized spacial score (nSPS) is 19.5. The monoisotopic (exact) mass is 478 g/mol. The Balaban J connectivity index is 1.44. The number of carbonyl (C=O) groups is 2. The van der Waals surface area contributed by atoms with E-state index in [-0.39, 0.29) is 42.4 Å². The number of nitrogens with zero attached hydrogens (tertiary/aromatic N) is 5. The smallest absolute Gasteiger partial charge is 0.224 e. The molecule has 0 unspecified atom stereocenters. The molecule has 0 radical (unpaired) electrons. The number of likely N-dealkylation sites (tertiary alicyclic amines) is 1. The number of ether oxygens (including phenoxy) is 2. The van der Waals surface area contributed by atoms with Gasteiger partial charge in [0.2, 0.25) is 11.8 Å². The van der Waals surface area contributed by atoms with E-state index >= 15 is 0 Å². The van der Waals surface area contributed by atoms with Crippen LogP contribution in [0.1, 0.15) is 29.9 Å². The zero-order valence-electron chi connectivity index (χ0n) is 19.3. The van der Waals surface area contributed by atoms with Crippen molar-refractivity contribution in [1.29, 1.82) is 0 Å². The molecular weight excluding hydrogens is 452 g/mol. The molecule has 35 heavy (non-hydrogen) atoms. The number of aromatic hydroxyl groups is 1. The van der Waals surface area contributed by atoms with Gasteiger partial charge in [-0.3, -0.25) is 9.59 Å². The van der Waals surface area contributed by atoms with Gasteiger partial charge in [0.1, 0.15) is 6.33 Å². The topological polar surface area (TPSA) is 132 Å². The number of hydrogen-bond donors (Lipinski definition) is 2. The van der Waals surface area contributed by atoms with Crippen molar-refractivity contribution in [3.05, 3.63) is 53.9 Å². The highest BCUT2D eigenvalue weighted by Gasteiger charge is 2.37. The maximum Gasteiger partial charge on any atom is 0.224 e. The Morgan fingerprint density at radius 1 is 1.20 bits per heavy atom. The van der Waals surface area contributed by atoms with Gasteiger partial charge in [-0.2, -0.15) is 0 Å². The predicted molar refractivity (Wildman–Crippen MR) is 123 cm³/mol. The van der Waals surface area contributed by atoms with E-state index in [1.807, 2.05) is 12.1 Å². The van der Waals surface area contributed by atoms with E-state index < -0.39 is 0 Å². The third-order valence-electron chi connectivity index (χ3n) is 6.47. The minimum Gasteiger partial charge on any atom is -0.504 e. The molecule has 1 fully saturated rings. The Labute approximate surface area is 201 Å². The average Bonchev–Trinajstić information content (AvgIpc) is 3.53. The lowest BCUT2D eigenvalue weighted by atomic mass is 9.93. The summed E-state index contributed by atoms with van der Waals surface area (Å²) in [5.41, 5.74) is 1.77. The van der Waals surface area contributed by atoms with Crippen molar-refractivity contribution in [3.63, 3.8) is 0 Å². The molecule has 5 rings (SSSR count). The van der Waals surface area contributed by atoms with Crippen molar-refractivity contribution in [2.45, 2.75) is 37.8 Å². The first kappa shape index (κ1) is 22.6. The van der Waals surface area contributed by atoms with Crippen LogP contribution in [0.25, 0.3) is 0 Å². The fourth-order valence-electron chi connectivity index (χ4n) is 4.60. The molecule has 2 N–H and O–H groups in total. The van der Waals surface area contributed by atoms with Gasteiger partial charge in [0.05, 0.1) is 19.7 Å². The number of tetrazole rings is 1. The summed E-state index contributed by atoms with van der Waals surface area (Å²) in [6, 6.07) is 10.4. The van der Waals surface area contributed by atoms with Crippen LogP contribution >= 0.6 is 0 Å². The molecule has 3 aromatic rings. The van der Waals surface area contributed by atoms with Crippen LogP contribution in [0.3, 0.4) is 0 Å². The zero-order chi connectivity index (χ0) is 24.4. The van der Waals surface area contributed by atoms with Crippen molar-refractivity contribution in [1.82, 2.24) is 30.4 Å². The first-order valence-corrected chi connectivity index (χ1v) is 11.5. The van der Waals surface area contributed by atoms with Crippen LogP contribution < -0.4 is 14.8 Å². The summed E-state index contributed by atoms with van der Waals surface area (Å²) in [6.07, 6.45) is 2.49. The largest absolute Gasteiger partial charge is 0.504 e. The van der Waals surface area contributed by atoms with Crippen LogP contribution in [0, 0.1) is 0 Å². The number of amides is 2. The zero-order valence-corrected chi connectivity index (χ0v) is 19.3. The number of carbonyl (C=O) groups excluding carboxylic acids is 2. The second kappa shape index (κ2) is 9.61. The number of fused-ring (bicyclic) bond motifs is 6. The fraction of sp³-hybridized carbons (Fsp3) is 0.375. The van der Waals surface area contributed by atoms with Gasteiger partial charge in [-0.15, -0.1) is 5.10 Å². The molecule has 2 atom stereocenters. The Bertz CT molecular complexity index is 1230. The average molecular weight is 479 g/mol. The highest BCUT2D eigenvalue weighted by Crippen LogP contribution is 2.40. The summed E-state index contributed by atoms with van der Waals surface area (Å²) in [4.78, 5) is 27.6. The number of phenols is 1. The number of benzene rings is 2. The van der Waals surface area contributed by atoms with Gasteiger partial charge >= 0.3 is 0 Å². The number of hydrogen-bond acceptors (Lipinski definition) is 8. The molecule has 2 aliphatic rings. The summed E-state index contributed by atoms with van der Waals surface area (Å²) in [5.74, 6) is 0.992. The minimum atomic E-state index is -0.252. The number of methoxy groups -OCH3 is 1. The standard InChI is InChI=1S/C24H26N6O5/c1-34-20-6-4-16-11-22(20)35-21-10-15(2-5-19(21)31)3-7-23(32)26-18-13-29(12-17(16)18)24(33)8-9-30-14-25-27-28-30/h2,4-6,10-11,14,17-18,31H,3,7-9,12-13H2,1H3,(H,26,32)/t17-,18+/m0/s1. The molecular formula is C24H26N6O5. The van der Waals surface area contributed by atoms with Crippen LogP contribution in [-0.2, 0) is 22.6 Å². The summed E-state index contributed by atoms with van der Waals surface area (Å²) in [5, 5.41) is 24.5. The van der Waals surface area contributed by atoms with Crippen LogP contribution in [0.5, 0.6) is 23.0 Å². The molecule has 2 aliphatic heterocycles.